The van der Waals surface area contributed by atoms with Crippen molar-refractivity contribution in [3.63, 3.8) is 0 Å². The van der Waals surface area contributed by atoms with Crippen LogP contribution in [0.25, 0.3) is 0 Å². The van der Waals surface area contributed by atoms with Gasteiger partial charge in [0.2, 0.25) is 0 Å². The van der Waals surface area contributed by atoms with E-state index in [1.165, 1.54) is 68.3 Å². The summed E-state index contributed by atoms with van der Waals surface area (Å²) >= 11 is 0. The van der Waals surface area contributed by atoms with Crippen LogP contribution in [0.1, 0.15) is 97.9 Å². The van der Waals surface area contributed by atoms with E-state index in [1.54, 1.807) is 0 Å². The van der Waals surface area contributed by atoms with Crippen LogP contribution in [-0.2, 0) is 6.42 Å². The van der Waals surface area contributed by atoms with Crippen LogP contribution in [0.3, 0.4) is 0 Å². The number of nitrogens with one attached hydrogen (secondary N) is 1. The highest BCUT2D eigenvalue weighted by molar-refractivity contribution is 5.94. The molecule has 3 aliphatic rings. The van der Waals surface area contributed by atoms with Gasteiger partial charge < -0.3 is 10.2 Å². The van der Waals surface area contributed by atoms with E-state index in [4.69, 9.17) is 0 Å². The van der Waals surface area contributed by atoms with Crippen LogP contribution in [0.4, 0.5) is 0 Å². The van der Waals surface area contributed by atoms with Gasteiger partial charge in [0.25, 0.3) is 5.91 Å². The molecule has 2 saturated heterocycles. The van der Waals surface area contributed by atoms with Gasteiger partial charge in [-0.3, -0.25) is 9.69 Å². The second-order valence-corrected chi connectivity index (χ2v) is 11.0. The summed E-state index contributed by atoms with van der Waals surface area (Å²) < 4.78 is 0. The number of hydrogen-bond donors (Lipinski definition) is 1. The minimum atomic E-state index is 0.0736. The quantitative estimate of drug-likeness (QED) is 0.468. The Kier molecular flexibility index (Phi) is 7.89. The van der Waals surface area contributed by atoms with Gasteiger partial charge in [0.05, 0.1) is 6.04 Å². The van der Waals surface area contributed by atoms with Crippen molar-refractivity contribution in [2.45, 2.75) is 83.3 Å². The smallest absolute Gasteiger partial charge is 0.254 e. The Morgan fingerprint density at radius 3 is 2.83 bits per heavy atom. The number of rotatable bonds is 8. The van der Waals surface area contributed by atoms with Gasteiger partial charge in [-0.05, 0) is 80.3 Å². The second-order valence-electron chi connectivity index (χ2n) is 11.0. The minimum Gasteiger partial charge on any atom is -0.332 e. The first kappa shape index (κ1) is 24.5. The molecule has 2 fully saturated rings. The maximum absolute atomic E-state index is 13.9. The number of nitrogens with zero attached hydrogens (tertiary/aromatic N) is 2. The first-order valence-corrected chi connectivity index (χ1v) is 14.1. The normalized spacial score (nSPS) is 24.7. The Morgan fingerprint density at radius 2 is 2.00 bits per heavy atom. The van der Waals surface area contributed by atoms with Crippen molar-refractivity contribution < 1.29 is 4.79 Å². The van der Waals surface area contributed by atoms with Crippen molar-refractivity contribution in [3.8, 4) is 0 Å². The second kappa shape index (κ2) is 11.3. The third-order valence-corrected chi connectivity index (χ3v) is 8.79. The molecule has 188 valence electrons. The Balaban J connectivity index is 1.35. The van der Waals surface area contributed by atoms with Crippen molar-refractivity contribution in [2.24, 2.45) is 5.92 Å². The van der Waals surface area contributed by atoms with Gasteiger partial charge in [-0.1, -0.05) is 62.6 Å². The van der Waals surface area contributed by atoms with E-state index in [9.17, 15) is 4.79 Å². The van der Waals surface area contributed by atoms with Gasteiger partial charge in [0.15, 0.2) is 0 Å². The third-order valence-electron chi connectivity index (χ3n) is 8.79. The number of piperidine rings is 2. The fraction of sp³-hybridized carbons (Fsp3) is 0.581. The van der Waals surface area contributed by atoms with Crippen LogP contribution in [-0.4, -0.2) is 47.9 Å². The Morgan fingerprint density at radius 1 is 1.14 bits per heavy atom. The number of fused-ring (bicyclic) bond motifs is 4. The molecule has 0 aliphatic carbocycles. The zero-order chi connectivity index (χ0) is 24.2. The average Bonchev–Trinajstić information content (AvgIpc) is 2.91. The zero-order valence-corrected chi connectivity index (χ0v) is 21.7. The van der Waals surface area contributed by atoms with Crippen molar-refractivity contribution >= 4 is 5.91 Å². The number of hydrogen-bond acceptors (Lipinski definition) is 3. The number of benzene rings is 2. The van der Waals surface area contributed by atoms with Crippen LogP contribution in [0.15, 0.2) is 48.5 Å². The van der Waals surface area contributed by atoms with Gasteiger partial charge in [0, 0.05) is 37.3 Å². The summed E-state index contributed by atoms with van der Waals surface area (Å²) in [4.78, 5) is 18.7. The summed E-state index contributed by atoms with van der Waals surface area (Å²) in [7, 11) is 0. The van der Waals surface area contributed by atoms with Gasteiger partial charge in [-0.15, -0.1) is 0 Å². The predicted octanol–water partition coefficient (Wildman–Crippen LogP) is 6.14. The maximum atomic E-state index is 13.9. The third kappa shape index (κ3) is 5.34. The standard InChI is InChI=1S/C31H43N3O/c1-3-4-5-9-18-34(23(2)24-11-7-6-8-12-24)31(35)26-14-15-28-25(20-26)16-19-33-22-27-13-10-17-32-29(27)21-30(28)33/h6-8,11-12,14-15,20,23,27,29-30,32H,3-5,9-10,13,16-19,21-22H2,1-2H3/t23-,27+,29-,30-/m1/s1. The molecule has 0 bridgehead atoms. The molecule has 1 amide bonds. The van der Waals surface area contributed by atoms with E-state index in [1.807, 2.05) is 6.07 Å². The van der Waals surface area contributed by atoms with Crippen molar-refractivity contribution in [1.29, 1.82) is 0 Å². The lowest BCUT2D eigenvalue weighted by Gasteiger charge is -2.49. The zero-order valence-electron chi connectivity index (χ0n) is 21.7. The summed E-state index contributed by atoms with van der Waals surface area (Å²) in [6.07, 6.45) is 9.64. The molecule has 2 aromatic carbocycles. The molecule has 4 atom stereocenters. The van der Waals surface area contributed by atoms with E-state index >= 15 is 0 Å². The summed E-state index contributed by atoms with van der Waals surface area (Å²) in [6, 6.07) is 18.3. The fourth-order valence-corrected chi connectivity index (χ4v) is 6.70. The topological polar surface area (TPSA) is 35.6 Å². The molecule has 0 radical (unpaired) electrons. The van der Waals surface area contributed by atoms with E-state index < -0.39 is 0 Å². The van der Waals surface area contributed by atoms with Gasteiger partial charge in [-0.2, -0.15) is 0 Å². The molecule has 2 aromatic rings. The van der Waals surface area contributed by atoms with Crippen LogP contribution in [0.2, 0.25) is 0 Å². The molecule has 0 saturated carbocycles. The van der Waals surface area contributed by atoms with Gasteiger partial charge in [-0.25, -0.2) is 0 Å². The molecular weight excluding hydrogens is 430 g/mol. The minimum absolute atomic E-state index is 0.0736. The molecule has 5 rings (SSSR count). The first-order chi connectivity index (χ1) is 17.2. The Hall–Kier alpha value is -2.17. The molecule has 0 unspecified atom stereocenters. The van der Waals surface area contributed by atoms with Crippen LogP contribution in [0.5, 0.6) is 0 Å². The van der Waals surface area contributed by atoms with Gasteiger partial charge >= 0.3 is 0 Å². The van der Waals surface area contributed by atoms with E-state index in [0.717, 1.165) is 37.4 Å². The average molecular weight is 474 g/mol. The summed E-state index contributed by atoms with van der Waals surface area (Å²) in [5.74, 6) is 0.990. The molecule has 35 heavy (non-hydrogen) atoms. The van der Waals surface area contributed by atoms with E-state index in [0.29, 0.717) is 12.1 Å². The van der Waals surface area contributed by atoms with E-state index in [-0.39, 0.29) is 11.9 Å². The lowest BCUT2D eigenvalue weighted by Crippen LogP contribution is -2.54. The maximum Gasteiger partial charge on any atom is 0.254 e. The highest BCUT2D eigenvalue weighted by atomic mass is 16.2. The molecule has 4 nitrogen and oxygen atoms in total. The molecule has 0 aromatic heterocycles. The lowest BCUT2D eigenvalue weighted by atomic mass is 9.77. The molecule has 0 spiro atoms. The highest BCUT2D eigenvalue weighted by Gasteiger charge is 2.39. The number of unbranched alkanes of at least 4 members (excludes halogenated alkanes) is 3. The van der Waals surface area contributed by atoms with Crippen LogP contribution in [0, 0.1) is 5.92 Å². The van der Waals surface area contributed by atoms with Crippen LogP contribution < -0.4 is 5.32 Å². The fourth-order valence-electron chi connectivity index (χ4n) is 6.70. The SMILES string of the molecule is CCCCCCN(C(=O)c1ccc2c(c1)CCN1C[C@@H]3CCCN[C@@H]3C[C@H]21)[C@H](C)c1ccccc1. The molecule has 3 aliphatic heterocycles. The monoisotopic (exact) mass is 473 g/mol. The van der Waals surface area contributed by atoms with Crippen LogP contribution >= 0.6 is 0 Å². The highest BCUT2D eigenvalue weighted by Crippen LogP contribution is 2.41. The van der Waals surface area contributed by atoms with Gasteiger partial charge in [0.1, 0.15) is 0 Å². The van der Waals surface area contributed by atoms with Crippen molar-refractivity contribution in [3.05, 3.63) is 70.8 Å². The van der Waals surface area contributed by atoms with Crippen molar-refractivity contribution in [1.82, 2.24) is 15.1 Å². The Bertz CT molecular complexity index is 990. The molecule has 1 N–H and O–H groups in total. The lowest BCUT2D eigenvalue weighted by molar-refractivity contribution is 0.0550. The molecule has 3 heterocycles. The number of amides is 1. The predicted molar refractivity (Wildman–Crippen MR) is 144 cm³/mol. The first-order valence-electron chi connectivity index (χ1n) is 14.1. The number of carbonyl (C=O) groups excluding carboxylic acids is 1. The molecule has 4 heteroatoms. The number of carbonyl (C=O) groups is 1. The van der Waals surface area contributed by atoms with E-state index in [2.05, 4.69) is 71.4 Å². The summed E-state index contributed by atoms with van der Waals surface area (Å²) in [5, 5.41) is 3.80. The largest absolute Gasteiger partial charge is 0.332 e. The van der Waals surface area contributed by atoms with Crippen molar-refractivity contribution in [2.75, 3.05) is 26.2 Å². The molecular formula is C31H43N3O. The summed E-state index contributed by atoms with van der Waals surface area (Å²) in [5.41, 5.74) is 4.93. The summed E-state index contributed by atoms with van der Waals surface area (Å²) in [6.45, 7) is 8.75. The Labute approximate surface area is 212 Å².